The van der Waals surface area contributed by atoms with Crippen molar-refractivity contribution in [1.82, 2.24) is 10.6 Å². The van der Waals surface area contributed by atoms with Crippen molar-refractivity contribution >= 4 is 17.4 Å². The van der Waals surface area contributed by atoms with Crippen LogP contribution in [0.2, 0.25) is 0 Å². The van der Waals surface area contributed by atoms with Crippen molar-refractivity contribution in [3.63, 3.8) is 0 Å². The number of aliphatic hydroxyl groups excluding tert-OH is 1. The number of hydrogen-bond donors (Lipinski definition) is 3. The summed E-state index contributed by atoms with van der Waals surface area (Å²) in [6.45, 7) is 2.46. The van der Waals surface area contributed by atoms with Crippen LogP contribution in [0.4, 0.5) is 4.79 Å². The molecular weight excluding hydrogens is 322 g/mol. The molecule has 2 amide bonds. The van der Waals surface area contributed by atoms with Gasteiger partial charge >= 0.3 is 6.03 Å². The fourth-order valence-corrected chi connectivity index (χ4v) is 3.14. The highest BCUT2D eigenvalue weighted by molar-refractivity contribution is 7.16. The second-order valence-electron chi connectivity index (χ2n) is 5.42. The molecule has 1 unspecified atom stereocenters. The molecule has 0 bridgehead atoms. The van der Waals surface area contributed by atoms with E-state index in [1.807, 2.05) is 43.3 Å². The van der Waals surface area contributed by atoms with Crippen molar-refractivity contribution in [3.8, 4) is 16.5 Å². The Morgan fingerprint density at radius 3 is 2.88 bits per heavy atom. The molecule has 0 fully saturated rings. The average Bonchev–Trinajstić information content (AvgIpc) is 3.09. The van der Waals surface area contributed by atoms with Crippen LogP contribution >= 0.6 is 11.3 Å². The number of rotatable bonds is 7. The van der Waals surface area contributed by atoms with Crippen LogP contribution in [0.1, 0.15) is 30.2 Å². The summed E-state index contributed by atoms with van der Waals surface area (Å²) in [5, 5.41) is 23.6. The zero-order valence-electron chi connectivity index (χ0n) is 13.6. The van der Waals surface area contributed by atoms with Gasteiger partial charge < -0.3 is 15.7 Å². The summed E-state index contributed by atoms with van der Waals surface area (Å²) < 4.78 is 0. The van der Waals surface area contributed by atoms with E-state index in [-0.39, 0.29) is 18.7 Å². The molecule has 0 saturated heterocycles. The fraction of sp³-hybridized carbons (Fsp3) is 0.333. The molecule has 1 atom stereocenters. The van der Waals surface area contributed by atoms with Crippen LogP contribution in [0.3, 0.4) is 0 Å². The summed E-state index contributed by atoms with van der Waals surface area (Å²) in [5.41, 5.74) is 2.03. The van der Waals surface area contributed by atoms with Gasteiger partial charge in [-0.1, -0.05) is 25.1 Å². The van der Waals surface area contributed by atoms with Gasteiger partial charge in [-0.25, -0.2) is 4.79 Å². The van der Waals surface area contributed by atoms with E-state index in [0.717, 1.165) is 22.4 Å². The van der Waals surface area contributed by atoms with Gasteiger partial charge in [0.15, 0.2) is 0 Å². The standard InChI is InChI=1S/C18H21N3O2S/c1-2-15(8-9-22)21-18(23)20-12-13-4-3-5-14(10-13)17-7-6-16(11-19)24-17/h3-7,10,15,22H,2,8-9,12H2,1H3,(H2,20,21,23). The Balaban J connectivity index is 1.95. The molecule has 0 radical (unpaired) electrons. The molecule has 3 N–H and O–H groups in total. The summed E-state index contributed by atoms with van der Waals surface area (Å²) in [6.07, 6.45) is 1.34. The number of nitrogens with one attached hydrogen (secondary N) is 2. The summed E-state index contributed by atoms with van der Waals surface area (Å²) in [4.78, 5) is 13.6. The zero-order valence-corrected chi connectivity index (χ0v) is 14.4. The van der Waals surface area contributed by atoms with Crippen LogP contribution < -0.4 is 10.6 Å². The largest absolute Gasteiger partial charge is 0.396 e. The molecule has 0 saturated carbocycles. The van der Waals surface area contributed by atoms with E-state index in [9.17, 15) is 4.79 Å². The minimum Gasteiger partial charge on any atom is -0.396 e. The second-order valence-corrected chi connectivity index (χ2v) is 6.50. The zero-order chi connectivity index (χ0) is 17.4. The third kappa shape index (κ3) is 5.08. The number of urea groups is 1. The van der Waals surface area contributed by atoms with E-state index in [4.69, 9.17) is 10.4 Å². The first kappa shape index (κ1) is 18.0. The number of carbonyl (C=O) groups excluding carboxylic acids is 1. The smallest absolute Gasteiger partial charge is 0.315 e. The van der Waals surface area contributed by atoms with Crippen LogP contribution in [0, 0.1) is 11.3 Å². The minimum atomic E-state index is -0.233. The Morgan fingerprint density at radius 1 is 1.38 bits per heavy atom. The van der Waals surface area contributed by atoms with Gasteiger partial charge in [-0.3, -0.25) is 0 Å². The van der Waals surface area contributed by atoms with Crippen molar-refractivity contribution in [2.24, 2.45) is 0 Å². The third-order valence-corrected chi connectivity index (χ3v) is 4.73. The van der Waals surface area contributed by atoms with Crippen molar-refractivity contribution in [1.29, 1.82) is 5.26 Å². The highest BCUT2D eigenvalue weighted by atomic mass is 32.1. The number of nitrogens with zero attached hydrogens (tertiary/aromatic N) is 1. The van der Waals surface area contributed by atoms with E-state index in [1.54, 1.807) is 0 Å². The molecule has 0 spiro atoms. The molecule has 5 nitrogen and oxygen atoms in total. The van der Waals surface area contributed by atoms with Crippen LogP contribution in [-0.4, -0.2) is 23.8 Å². The maximum atomic E-state index is 11.9. The van der Waals surface area contributed by atoms with Gasteiger partial charge in [0.2, 0.25) is 0 Å². The summed E-state index contributed by atoms with van der Waals surface area (Å²) in [5.74, 6) is 0. The van der Waals surface area contributed by atoms with Crippen LogP contribution in [0.5, 0.6) is 0 Å². The van der Waals surface area contributed by atoms with E-state index >= 15 is 0 Å². The number of thiophene rings is 1. The molecule has 1 heterocycles. The Labute approximate surface area is 145 Å². The Hall–Kier alpha value is -2.36. The van der Waals surface area contributed by atoms with Crippen LogP contribution in [-0.2, 0) is 6.54 Å². The van der Waals surface area contributed by atoms with Gasteiger partial charge in [-0.05, 0) is 42.2 Å². The van der Waals surface area contributed by atoms with Gasteiger partial charge in [0, 0.05) is 24.1 Å². The number of amides is 2. The lowest BCUT2D eigenvalue weighted by Crippen LogP contribution is -2.41. The van der Waals surface area contributed by atoms with E-state index in [1.165, 1.54) is 11.3 Å². The minimum absolute atomic E-state index is 0.0168. The Bertz CT molecular complexity index is 721. The highest BCUT2D eigenvalue weighted by Crippen LogP contribution is 2.28. The number of carbonyl (C=O) groups is 1. The maximum Gasteiger partial charge on any atom is 0.315 e. The first-order valence-corrected chi connectivity index (χ1v) is 8.72. The first-order chi connectivity index (χ1) is 11.7. The summed E-state index contributed by atoms with van der Waals surface area (Å²) >= 11 is 1.45. The number of benzene rings is 1. The molecule has 126 valence electrons. The van der Waals surface area contributed by atoms with E-state index < -0.39 is 0 Å². The predicted molar refractivity (Wildman–Crippen MR) is 95.6 cm³/mol. The SMILES string of the molecule is CCC(CCO)NC(=O)NCc1cccc(-c2ccc(C#N)s2)c1. The topological polar surface area (TPSA) is 85.2 Å². The Morgan fingerprint density at radius 2 is 2.21 bits per heavy atom. The van der Waals surface area contributed by atoms with Gasteiger partial charge in [0.1, 0.15) is 10.9 Å². The molecule has 1 aromatic heterocycles. The molecule has 0 aliphatic carbocycles. The fourth-order valence-electron chi connectivity index (χ4n) is 2.34. The molecular formula is C18H21N3O2S. The van der Waals surface area contributed by atoms with E-state index in [2.05, 4.69) is 16.7 Å². The van der Waals surface area contributed by atoms with Gasteiger partial charge in [-0.15, -0.1) is 11.3 Å². The van der Waals surface area contributed by atoms with E-state index in [0.29, 0.717) is 17.8 Å². The lowest BCUT2D eigenvalue weighted by molar-refractivity contribution is 0.227. The molecule has 2 rings (SSSR count). The normalized spacial score (nSPS) is 11.5. The summed E-state index contributed by atoms with van der Waals surface area (Å²) in [6, 6.07) is 13.5. The molecule has 2 aromatic rings. The van der Waals surface area contributed by atoms with Crippen molar-refractivity contribution in [2.45, 2.75) is 32.4 Å². The molecule has 6 heteroatoms. The number of hydrogen-bond acceptors (Lipinski definition) is 4. The van der Waals surface area contributed by atoms with Crippen molar-refractivity contribution in [3.05, 3.63) is 46.8 Å². The first-order valence-electron chi connectivity index (χ1n) is 7.90. The molecule has 24 heavy (non-hydrogen) atoms. The quantitative estimate of drug-likeness (QED) is 0.721. The third-order valence-electron chi connectivity index (χ3n) is 3.69. The van der Waals surface area contributed by atoms with Gasteiger partial charge in [-0.2, -0.15) is 5.26 Å². The summed E-state index contributed by atoms with van der Waals surface area (Å²) in [7, 11) is 0. The lowest BCUT2D eigenvalue weighted by atomic mass is 10.1. The number of aliphatic hydroxyl groups is 1. The lowest BCUT2D eigenvalue weighted by Gasteiger charge is -2.16. The van der Waals surface area contributed by atoms with Gasteiger partial charge in [0.05, 0.1) is 0 Å². The predicted octanol–water partition coefficient (Wildman–Crippen LogP) is 3.25. The average molecular weight is 343 g/mol. The number of nitriles is 1. The second kappa shape index (κ2) is 9.06. The molecule has 1 aromatic carbocycles. The monoisotopic (exact) mass is 343 g/mol. The molecule has 0 aliphatic rings. The maximum absolute atomic E-state index is 11.9. The highest BCUT2D eigenvalue weighted by Gasteiger charge is 2.09. The van der Waals surface area contributed by atoms with Crippen molar-refractivity contribution in [2.75, 3.05) is 6.61 Å². The van der Waals surface area contributed by atoms with Gasteiger partial charge in [0.25, 0.3) is 0 Å². The van der Waals surface area contributed by atoms with Crippen molar-refractivity contribution < 1.29 is 9.90 Å². The molecule has 0 aliphatic heterocycles. The Kier molecular flexibility index (Phi) is 6.79. The van der Waals surface area contributed by atoms with Crippen LogP contribution in [0.25, 0.3) is 10.4 Å². The van der Waals surface area contributed by atoms with Crippen LogP contribution in [0.15, 0.2) is 36.4 Å².